The topological polar surface area (TPSA) is 66.4 Å². The van der Waals surface area contributed by atoms with Crippen molar-refractivity contribution < 1.29 is 28.8 Å². The largest absolute Gasteiger partial charge is 0.388 e. The van der Waals surface area contributed by atoms with Crippen LogP contribution < -0.4 is 0 Å². The standard InChI is InChI=1S/C11H24O6/c1-13-3-4-15-5-6-16-7-8-17-10-11(12)9-14-2/h11-12H,3-10H2,1-2H3. The van der Waals surface area contributed by atoms with Gasteiger partial charge in [-0.15, -0.1) is 0 Å². The van der Waals surface area contributed by atoms with Crippen LogP contribution in [0.15, 0.2) is 0 Å². The van der Waals surface area contributed by atoms with Crippen molar-refractivity contribution in [3.63, 3.8) is 0 Å². The van der Waals surface area contributed by atoms with E-state index in [-0.39, 0.29) is 13.2 Å². The van der Waals surface area contributed by atoms with Crippen LogP contribution in [0.25, 0.3) is 0 Å². The van der Waals surface area contributed by atoms with Crippen molar-refractivity contribution in [1.29, 1.82) is 0 Å². The van der Waals surface area contributed by atoms with Crippen molar-refractivity contribution >= 4 is 0 Å². The minimum atomic E-state index is -0.572. The summed E-state index contributed by atoms with van der Waals surface area (Å²) >= 11 is 0. The summed E-state index contributed by atoms with van der Waals surface area (Å²) in [7, 11) is 3.17. The number of aliphatic hydroxyl groups is 1. The summed E-state index contributed by atoms with van der Waals surface area (Å²) in [6.45, 7) is 3.77. The molecule has 6 nitrogen and oxygen atoms in total. The van der Waals surface area contributed by atoms with E-state index in [9.17, 15) is 5.11 Å². The first-order valence-corrected chi connectivity index (χ1v) is 5.70. The van der Waals surface area contributed by atoms with Crippen LogP contribution in [-0.4, -0.2) is 78.3 Å². The zero-order valence-electron chi connectivity index (χ0n) is 10.7. The molecule has 0 radical (unpaired) electrons. The molecule has 0 aliphatic heterocycles. The van der Waals surface area contributed by atoms with Crippen LogP contribution in [0.3, 0.4) is 0 Å². The number of hydrogen-bond donors (Lipinski definition) is 1. The molecule has 0 fully saturated rings. The zero-order valence-corrected chi connectivity index (χ0v) is 10.7. The third kappa shape index (κ3) is 13.7. The van der Waals surface area contributed by atoms with Gasteiger partial charge >= 0.3 is 0 Å². The van der Waals surface area contributed by atoms with Crippen molar-refractivity contribution in [3.8, 4) is 0 Å². The van der Waals surface area contributed by atoms with Gasteiger partial charge in [0.05, 0.1) is 52.9 Å². The molecule has 1 N–H and O–H groups in total. The molecular formula is C11H24O6. The first-order chi connectivity index (χ1) is 8.31. The van der Waals surface area contributed by atoms with Crippen LogP contribution in [0.4, 0.5) is 0 Å². The van der Waals surface area contributed by atoms with Gasteiger partial charge in [-0.3, -0.25) is 0 Å². The minimum Gasteiger partial charge on any atom is -0.388 e. The van der Waals surface area contributed by atoms with E-state index in [2.05, 4.69) is 0 Å². The van der Waals surface area contributed by atoms with Gasteiger partial charge in [-0.05, 0) is 0 Å². The van der Waals surface area contributed by atoms with Gasteiger partial charge in [-0.2, -0.15) is 0 Å². The molecule has 17 heavy (non-hydrogen) atoms. The van der Waals surface area contributed by atoms with Gasteiger partial charge in [0, 0.05) is 14.2 Å². The maximum atomic E-state index is 9.25. The fraction of sp³-hybridized carbons (Fsp3) is 1.00. The SMILES string of the molecule is COCCOCCOCCOCC(O)COC. The van der Waals surface area contributed by atoms with E-state index in [0.717, 1.165) is 0 Å². The summed E-state index contributed by atoms with van der Waals surface area (Å²) < 4.78 is 25.2. The average Bonchev–Trinajstić information content (AvgIpc) is 2.32. The number of ether oxygens (including phenoxy) is 5. The Morgan fingerprint density at radius 3 is 1.76 bits per heavy atom. The van der Waals surface area contributed by atoms with Crippen LogP contribution in [0.5, 0.6) is 0 Å². The highest BCUT2D eigenvalue weighted by Crippen LogP contribution is 1.87. The van der Waals surface area contributed by atoms with Gasteiger partial charge in [-0.25, -0.2) is 0 Å². The Kier molecular flexibility index (Phi) is 13.6. The Bertz CT molecular complexity index is 144. The quantitative estimate of drug-likeness (QED) is 0.454. The summed E-state index contributed by atoms with van der Waals surface area (Å²) in [5.41, 5.74) is 0. The average molecular weight is 252 g/mol. The molecule has 1 atom stereocenters. The van der Waals surface area contributed by atoms with Crippen LogP contribution >= 0.6 is 0 Å². The summed E-state index contributed by atoms with van der Waals surface area (Å²) in [4.78, 5) is 0. The molecule has 0 bridgehead atoms. The molecule has 0 saturated carbocycles. The highest BCUT2D eigenvalue weighted by atomic mass is 16.6. The molecule has 0 aromatic rings. The second kappa shape index (κ2) is 13.8. The van der Waals surface area contributed by atoms with Crippen LogP contribution in [0.1, 0.15) is 0 Å². The third-order valence-electron chi connectivity index (χ3n) is 1.85. The van der Waals surface area contributed by atoms with E-state index >= 15 is 0 Å². The van der Waals surface area contributed by atoms with Crippen molar-refractivity contribution in [2.45, 2.75) is 6.10 Å². The second-order valence-corrected chi connectivity index (χ2v) is 3.40. The van der Waals surface area contributed by atoms with Crippen molar-refractivity contribution in [2.75, 3.05) is 67.1 Å². The number of aliphatic hydroxyl groups excluding tert-OH is 1. The lowest BCUT2D eigenvalue weighted by molar-refractivity contribution is -0.0309. The summed E-state index contributed by atoms with van der Waals surface area (Å²) in [5, 5.41) is 9.25. The molecule has 0 aliphatic carbocycles. The van der Waals surface area contributed by atoms with E-state index in [1.165, 1.54) is 7.11 Å². The van der Waals surface area contributed by atoms with Gasteiger partial charge in [0.1, 0.15) is 6.10 Å². The fourth-order valence-electron chi connectivity index (χ4n) is 1.04. The lowest BCUT2D eigenvalue weighted by Crippen LogP contribution is -2.22. The van der Waals surface area contributed by atoms with Gasteiger partial charge in [0.2, 0.25) is 0 Å². The van der Waals surface area contributed by atoms with Crippen LogP contribution in [0, 0.1) is 0 Å². The molecule has 0 aromatic carbocycles. The van der Waals surface area contributed by atoms with Gasteiger partial charge < -0.3 is 28.8 Å². The Morgan fingerprint density at radius 2 is 1.24 bits per heavy atom. The number of hydrogen-bond acceptors (Lipinski definition) is 6. The van der Waals surface area contributed by atoms with Crippen molar-refractivity contribution in [3.05, 3.63) is 0 Å². The molecule has 0 rings (SSSR count). The molecule has 0 spiro atoms. The predicted octanol–water partition coefficient (Wildman–Crippen LogP) is -0.310. The minimum absolute atomic E-state index is 0.265. The monoisotopic (exact) mass is 252 g/mol. The predicted molar refractivity (Wildman–Crippen MR) is 62.2 cm³/mol. The highest BCUT2D eigenvalue weighted by Gasteiger charge is 2.02. The van der Waals surface area contributed by atoms with Crippen molar-refractivity contribution in [2.24, 2.45) is 0 Å². The Labute approximate surface area is 103 Å². The van der Waals surface area contributed by atoms with Crippen LogP contribution in [-0.2, 0) is 23.7 Å². The first-order valence-electron chi connectivity index (χ1n) is 5.70. The maximum absolute atomic E-state index is 9.25. The van der Waals surface area contributed by atoms with Crippen LogP contribution in [0.2, 0.25) is 0 Å². The summed E-state index contributed by atoms with van der Waals surface area (Å²) in [6.07, 6.45) is -0.572. The maximum Gasteiger partial charge on any atom is 0.101 e. The smallest absolute Gasteiger partial charge is 0.101 e. The molecule has 0 aliphatic rings. The zero-order chi connectivity index (χ0) is 12.8. The first kappa shape index (κ1) is 16.8. The molecule has 0 amide bonds. The molecule has 0 heterocycles. The van der Waals surface area contributed by atoms with E-state index in [0.29, 0.717) is 39.6 Å². The highest BCUT2D eigenvalue weighted by molar-refractivity contribution is 4.49. The van der Waals surface area contributed by atoms with E-state index in [4.69, 9.17) is 23.7 Å². The summed E-state index contributed by atoms with van der Waals surface area (Å²) in [5.74, 6) is 0. The molecule has 1 unspecified atom stereocenters. The molecule has 6 heteroatoms. The normalized spacial score (nSPS) is 12.9. The third-order valence-corrected chi connectivity index (χ3v) is 1.85. The Morgan fingerprint density at radius 1 is 0.706 bits per heavy atom. The second-order valence-electron chi connectivity index (χ2n) is 3.40. The fourth-order valence-corrected chi connectivity index (χ4v) is 1.04. The van der Waals surface area contributed by atoms with Gasteiger partial charge in [-0.1, -0.05) is 0 Å². The molecule has 0 aromatic heterocycles. The number of rotatable bonds is 13. The Balaban J connectivity index is 2.98. The lowest BCUT2D eigenvalue weighted by atomic mass is 10.4. The van der Waals surface area contributed by atoms with Gasteiger partial charge in [0.25, 0.3) is 0 Å². The molecule has 0 saturated heterocycles. The summed E-state index contributed by atoms with van der Waals surface area (Å²) in [6, 6.07) is 0. The van der Waals surface area contributed by atoms with E-state index in [1.54, 1.807) is 7.11 Å². The van der Waals surface area contributed by atoms with E-state index in [1.807, 2.05) is 0 Å². The molecule has 104 valence electrons. The Hall–Kier alpha value is -0.240. The molecular weight excluding hydrogens is 228 g/mol. The lowest BCUT2D eigenvalue weighted by Gasteiger charge is -2.10. The van der Waals surface area contributed by atoms with Gasteiger partial charge in [0.15, 0.2) is 0 Å². The van der Waals surface area contributed by atoms with Crippen molar-refractivity contribution in [1.82, 2.24) is 0 Å². The van der Waals surface area contributed by atoms with E-state index < -0.39 is 6.10 Å². The number of methoxy groups -OCH3 is 2.